The topological polar surface area (TPSA) is 47.6 Å². The quantitative estimate of drug-likeness (QED) is 0.648. The zero-order chi connectivity index (χ0) is 17.6. The summed E-state index contributed by atoms with van der Waals surface area (Å²) in [5, 5.41) is 2.90. The van der Waals surface area contributed by atoms with E-state index in [1.807, 2.05) is 49.4 Å². The third kappa shape index (κ3) is 3.98. The van der Waals surface area contributed by atoms with Crippen LogP contribution in [0.15, 0.2) is 52.3 Å². The van der Waals surface area contributed by atoms with Gasteiger partial charge in [0.1, 0.15) is 6.61 Å². The van der Waals surface area contributed by atoms with Crippen molar-refractivity contribution in [3.8, 4) is 23.8 Å². The maximum atomic E-state index is 12.3. The van der Waals surface area contributed by atoms with Gasteiger partial charge in [-0.05, 0) is 42.8 Å². The predicted octanol–water partition coefficient (Wildman–Crippen LogP) is 4.18. The average Bonchev–Trinajstić information content (AvgIpc) is 2.62. The van der Waals surface area contributed by atoms with Crippen LogP contribution in [0.1, 0.15) is 12.5 Å². The molecule has 0 saturated heterocycles. The molecule has 1 amide bonds. The van der Waals surface area contributed by atoms with Gasteiger partial charge in [0.2, 0.25) is 0 Å². The number of anilines is 1. The Bertz CT molecular complexity index is 867. The van der Waals surface area contributed by atoms with E-state index in [0.29, 0.717) is 23.0 Å². The van der Waals surface area contributed by atoms with Crippen LogP contribution in [-0.2, 0) is 4.79 Å². The number of para-hydroxylation sites is 1. The predicted molar refractivity (Wildman–Crippen MR) is 101 cm³/mol. The van der Waals surface area contributed by atoms with Crippen molar-refractivity contribution < 1.29 is 14.3 Å². The fraction of sp³-hybridized carbons (Fsp3) is 0.150. The van der Waals surface area contributed by atoms with Crippen LogP contribution in [0.25, 0.3) is 6.08 Å². The molecule has 0 fully saturated rings. The lowest BCUT2D eigenvalue weighted by molar-refractivity contribution is -0.112. The Morgan fingerprint density at radius 3 is 2.84 bits per heavy atom. The van der Waals surface area contributed by atoms with E-state index in [1.54, 1.807) is 6.07 Å². The summed E-state index contributed by atoms with van der Waals surface area (Å²) in [6.07, 6.45) is 7.07. The largest absolute Gasteiger partial charge is 0.490 e. The summed E-state index contributed by atoms with van der Waals surface area (Å²) < 4.78 is 11.1. The molecule has 25 heavy (non-hydrogen) atoms. The molecule has 1 aliphatic rings. The van der Waals surface area contributed by atoms with Gasteiger partial charge in [0.15, 0.2) is 11.5 Å². The van der Waals surface area contributed by atoms with Crippen molar-refractivity contribution in [2.24, 2.45) is 0 Å². The van der Waals surface area contributed by atoms with Gasteiger partial charge in [-0.2, -0.15) is 0 Å². The number of thioether (sulfide) groups is 1. The highest BCUT2D eigenvalue weighted by Crippen LogP contribution is 2.39. The van der Waals surface area contributed by atoms with Crippen molar-refractivity contribution in [1.82, 2.24) is 0 Å². The van der Waals surface area contributed by atoms with Crippen LogP contribution in [0.2, 0.25) is 0 Å². The molecular formula is C20H17NO3S. The number of terminal acetylenes is 1. The number of hydrogen-bond donors (Lipinski definition) is 1. The van der Waals surface area contributed by atoms with Crippen LogP contribution in [0, 0.1) is 12.3 Å². The van der Waals surface area contributed by atoms with E-state index in [4.69, 9.17) is 15.9 Å². The van der Waals surface area contributed by atoms with Gasteiger partial charge < -0.3 is 14.8 Å². The third-order valence-corrected chi connectivity index (χ3v) is 4.55. The molecular weight excluding hydrogens is 334 g/mol. The molecule has 0 atom stereocenters. The van der Waals surface area contributed by atoms with E-state index in [9.17, 15) is 4.79 Å². The molecule has 0 unspecified atom stereocenters. The first kappa shape index (κ1) is 17.0. The maximum Gasteiger partial charge on any atom is 0.262 e. The average molecular weight is 351 g/mol. The molecule has 1 N–H and O–H groups in total. The Morgan fingerprint density at radius 2 is 2.04 bits per heavy atom. The van der Waals surface area contributed by atoms with Crippen molar-refractivity contribution in [2.45, 2.75) is 11.8 Å². The fourth-order valence-electron chi connectivity index (χ4n) is 2.38. The van der Waals surface area contributed by atoms with Gasteiger partial charge in [-0.25, -0.2) is 0 Å². The fourth-order valence-corrected chi connectivity index (χ4v) is 3.33. The van der Waals surface area contributed by atoms with Crippen LogP contribution >= 0.6 is 11.8 Å². The number of fused-ring (bicyclic) bond motifs is 1. The minimum Gasteiger partial charge on any atom is -0.490 e. The molecule has 2 aromatic carbocycles. The second kappa shape index (κ2) is 7.82. The Labute approximate surface area is 151 Å². The van der Waals surface area contributed by atoms with E-state index in [-0.39, 0.29) is 12.5 Å². The van der Waals surface area contributed by atoms with Gasteiger partial charge in [0.05, 0.1) is 17.2 Å². The first-order valence-corrected chi connectivity index (χ1v) is 8.66. The SMILES string of the molecule is C#CCOc1ccc(/C=C2\Sc3ccccc3NC2=O)cc1OCC. The summed E-state index contributed by atoms with van der Waals surface area (Å²) >= 11 is 1.45. The van der Waals surface area contributed by atoms with Crippen LogP contribution in [0.3, 0.4) is 0 Å². The lowest BCUT2D eigenvalue weighted by atomic mass is 10.2. The third-order valence-electron chi connectivity index (χ3n) is 3.46. The lowest BCUT2D eigenvalue weighted by Gasteiger charge is -2.18. The Hall–Kier alpha value is -2.84. The normalized spacial score (nSPS) is 14.4. The van der Waals surface area contributed by atoms with E-state index >= 15 is 0 Å². The van der Waals surface area contributed by atoms with Gasteiger partial charge in [0.25, 0.3) is 5.91 Å². The number of amides is 1. The molecule has 0 saturated carbocycles. The first-order chi connectivity index (χ1) is 12.2. The lowest BCUT2D eigenvalue weighted by Crippen LogP contribution is -2.17. The van der Waals surface area contributed by atoms with Crippen LogP contribution < -0.4 is 14.8 Å². The number of benzene rings is 2. The summed E-state index contributed by atoms with van der Waals surface area (Å²) in [7, 11) is 0. The first-order valence-electron chi connectivity index (χ1n) is 7.84. The van der Waals surface area contributed by atoms with Crippen LogP contribution in [-0.4, -0.2) is 19.1 Å². The standard InChI is InChI=1S/C20H17NO3S/c1-3-11-24-16-10-9-14(12-17(16)23-4-2)13-19-20(22)21-15-7-5-6-8-18(15)25-19/h1,5-10,12-13H,4,11H2,2H3,(H,21,22)/b19-13-. The molecule has 0 bridgehead atoms. The minimum atomic E-state index is -0.116. The summed E-state index contributed by atoms with van der Waals surface area (Å²) in [5.74, 6) is 3.51. The summed E-state index contributed by atoms with van der Waals surface area (Å²) in [6.45, 7) is 2.59. The summed E-state index contributed by atoms with van der Waals surface area (Å²) in [6, 6.07) is 13.2. The van der Waals surface area contributed by atoms with Crippen molar-refractivity contribution >= 4 is 29.4 Å². The second-order valence-corrected chi connectivity index (χ2v) is 6.28. The highest BCUT2D eigenvalue weighted by atomic mass is 32.2. The highest BCUT2D eigenvalue weighted by Gasteiger charge is 2.20. The molecule has 0 aliphatic carbocycles. The number of carbonyl (C=O) groups is 1. The molecule has 0 spiro atoms. The summed E-state index contributed by atoms with van der Waals surface area (Å²) in [5.41, 5.74) is 1.69. The summed E-state index contributed by atoms with van der Waals surface area (Å²) in [4.78, 5) is 13.9. The van der Waals surface area contributed by atoms with Gasteiger partial charge in [-0.3, -0.25) is 4.79 Å². The number of hydrogen-bond acceptors (Lipinski definition) is 4. The van der Waals surface area contributed by atoms with Gasteiger partial charge in [-0.15, -0.1) is 6.42 Å². The maximum absolute atomic E-state index is 12.3. The van der Waals surface area contributed by atoms with Gasteiger partial charge in [-0.1, -0.05) is 35.9 Å². The molecule has 1 aliphatic heterocycles. The zero-order valence-corrected chi connectivity index (χ0v) is 14.6. The minimum absolute atomic E-state index is 0.116. The van der Waals surface area contributed by atoms with Gasteiger partial charge >= 0.3 is 0 Å². The highest BCUT2D eigenvalue weighted by molar-refractivity contribution is 8.04. The zero-order valence-electron chi connectivity index (χ0n) is 13.7. The van der Waals surface area contributed by atoms with E-state index in [2.05, 4.69) is 11.2 Å². The molecule has 5 heteroatoms. The molecule has 2 aromatic rings. The van der Waals surface area contributed by atoms with E-state index < -0.39 is 0 Å². The number of nitrogens with one attached hydrogen (secondary N) is 1. The smallest absolute Gasteiger partial charge is 0.262 e. The monoisotopic (exact) mass is 351 g/mol. The Balaban J connectivity index is 1.89. The molecule has 0 aromatic heterocycles. The van der Waals surface area contributed by atoms with Crippen molar-refractivity contribution in [3.05, 3.63) is 52.9 Å². The second-order valence-electron chi connectivity index (χ2n) is 5.19. The van der Waals surface area contributed by atoms with Crippen molar-refractivity contribution in [2.75, 3.05) is 18.5 Å². The molecule has 3 rings (SSSR count). The van der Waals surface area contributed by atoms with Crippen molar-refractivity contribution in [1.29, 1.82) is 0 Å². The van der Waals surface area contributed by atoms with E-state index in [1.165, 1.54) is 11.8 Å². The number of rotatable bonds is 5. The number of carbonyl (C=O) groups excluding carboxylic acids is 1. The molecule has 4 nitrogen and oxygen atoms in total. The van der Waals surface area contributed by atoms with Crippen molar-refractivity contribution in [3.63, 3.8) is 0 Å². The van der Waals surface area contributed by atoms with Gasteiger partial charge in [0, 0.05) is 4.90 Å². The van der Waals surface area contributed by atoms with Crippen LogP contribution in [0.5, 0.6) is 11.5 Å². The molecule has 1 heterocycles. The molecule has 126 valence electrons. The Kier molecular flexibility index (Phi) is 5.32. The van der Waals surface area contributed by atoms with E-state index in [0.717, 1.165) is 16.1 Å². The Morgan fingerprint density at radius 1 is 1.20 bits per heavy atom. The van der Waals surface area contributed by atoms with Crippen LogP contribution in [0.4, 0.5) is 5.69 Å². The molecule has 0 radical (unpaired) electrons. The number of ether oxygens (including phenoxy) is 2.